The van der Waals surface area contributed by atoms with E-state index in [1.54, 1.807) is 36.2 Å². The van der Waals surface area contributed by atoms with Crippen LogP contribution in [-0.4, -0.2) is 26.2 Å². The maximum Gasteiger partial charge on any atom is 0.221 e. The van der Waals surface area contributed by atoms with Crippen LogP contribution in [0.5, 0.6) is 5.88 Å². The summed E-state index contributed by atoms with van der Waals surface area (Å²) in [6.45, 7) is 0. The third-order valence-electron chi connectivity index (χ3n) is 3.85. The molecule has 1 aromatic carbocycles. The highest BCUT2D eigenvalue weighted by atomic mass is 32.2. The lowest BCUT2D eigenvalue weighted by Crippen LogP contribution is -2.22. The number of hydrogen-bond donors (Lipinski definition) is 1. The molecular formula is C16H12F2N4OS. The SMILES string of the molecule is Oc1c(N=Nc2ccccn2)c2cc(F)cc(F)c2n1C1CSC1. The van der Waals surface area contributed by atoms with Gasteiger partial charge in [0.05, 0.1) is 11.6 Å². The molecule has 0 saturated carbocycles. The highest BCUT2D eigenvalue weighted by Crippen LogP contribution is 2.45. The van der Waals surface area contributed by atoms with Crippen molar-refractivity contribution < 1.29 is 13.9 Å². The minimum Gasteiger partial charge on any atom is -0.493 e. The van der Waals surface area contributed by atoms with E-state index in [1.807, 2.05) is 0 Å². The Morgan fingerprint density at radius 1 is 1.21 bits per heavy atom. The molecule has 0 aliphatic carbocycles. The normalized spacial score (nSPS) is 15.2. The Kier molecular flexibility index (Phi) is 3.68. The fourth-order valence-electron chi connectivity index (χ4n) is 2.67. The Morgan fingerprint density at radius 2 is 2.04 bits per heavy atom. The average Bonchev–Trinajstić information content (AvgIpc) is 2.77. The summed E-state index contributed by atoms with van der Waals surface area (Å²) in [5.74, 6) is 0.190. The molecule has 8 heteroatoms. The molecule has 0 radical (unpaired) electrons. The number of rotatable bonds is 3. The van der Waals surface area contributed by atoms with Crippen LogP contribution in [0.25, 0.3) is 10.9 Å². The van der Waals surface area contributed by atoms with Gasteiger partial charge in [-0.3, -0.25) is 0 Å². The number of aromatic hydroxyl groups is 1. The van der Waals surface area contributed by atoms with Gasteiger partial charge in [0.1, 0.15) is 5.82 Å². The minimum atomic E-state index is -0.727. The molecule has 0 atom stereocenters. The van der Waals surface area contributed by atoms with Crippen LogP contribution in [0.15, 0.2) is 46.8 Å². The summed E-state index contributed by atoms with van der Waals surface area (Å²) in [6, 6.07) is 7.05. The molecule has 3 aromatic rings. The number of nitrogens with zero attached hydrogens (tertiary/aromatic N) is 4. The molecule has 0 amide bonds. The van der Waals surface area contributed by atoms with E-state index in [0.29, 0.717) is 5.82 Å². The second-order valence-electron chi connectivity index (χ2n) is 5.41. The van der Waals surface area contributed by atoms with Crippen molar-refractivity contribution in [1.29, 1.82) is 0 Å². The Balaban J connectivity index is 1.91. The van der Waals surface area contributed by atoms with E-state index in [0.717, 1.165) is 23.6 Å². The van der Waals surface area contributed by atoms with Gasteiger partial charge >= 0.3 is 0 Å². The van der Waals surface area contributed by atoms with E-state index >= 15 is 0 Å². The Hall–Kier alpha value is -2.48. The summed E-state index contributed by atoms with van der Waals surface area (Å²) in [5, 5.41) is 18.7. The Bertz CT molecular complexity index is 938. The lowest BCUT2D eigenvalue weighted by atomic mass is 10.2. The van der Waals surface area contributed by atoms with Gasteiger partial charge in [0.25, 0.3) is 0 Å². The van der Waals surface area contributed by atoms with Crippen molar-refractivity contribution in [2.45, 2.75) is 6.04 Å². The summed E-state index contributed by atoms with van der Waals surface area (Å²) in [6.07, 6.45) is 1.56. The average molecular weight is 346 g/mol. The number of hydrogen-bond acceptors (Lipinski definition) is 5. The summed E-state index contributed by atoms with van der Waals surface area (Å²) in [5.41, 5.74) is 0.195. The Labute approximate surface area is 140 Å². The number of benzene rings is 1. The molecule has 1 aliphatic rings. The maximum atomic E-state index is 14.3. The molecule has 24 heavy (non-hydrogen) atoms. The van der Waals surface area contributed by atoms with Crippen LogP contribution < -0.4 is 0 Å². The first-order valence-corrected chi connectivity index (χ1v) is 8.43. The lowest BCUT2D eigenvalue weighted by Gasteiger charge is -2.27. The van der Waals surface area contributed by atoms with Crippen molar-refractivity contribution in [3.05, 3.63) is 48.2 Å². The molecule has 122 valence electrons. The number of thioether (sulfide) groups is 1. The van der Waals surface area contributed by atoms with E-state index in [9.17, 15) is 13.9 Å². The lowest BCUT2D eigenvalue weighted by molar-refractivity contribution is 0.404. The zero-order chi connectivity index (χ0) is 16.7. The zero-order valence-electron chi connectivity index (χ0n) is 12.4. The van der Waals surface area contributed by atoms with Gasteiger partial charge in [-0.25, -0.2) is 13.8 Å². The van der Waals surface area contributed by atoms with Crippen LogP contribution in [0.3, 0.4) is 0 Å². The predicted octanol–water partition coefficient (Wildman–Crippen LogP) is 4.72. The third-order valence-corrected chi connectivity index (χ3v) is 5.09. The van der Waals surface area contributed by atoms with Gasteiger partial charge in [0.15, 0.2) is 17.3 Å². The van der Waals surface area contributed by atoms with E-state index in [1.165, 1.54) is 4.57 Å². The molecule has 4 rings (SSSR count). The topological polar surface area (TPSA) is 62.8 Å². The van der Waals surface area contributed by atoms with Gasteiger partial charge in [-0.2, -0.15) is 11.8 Å². The minimum absolute atomic E-state index is 0.0451. The highest BCUT2D eigenvalue weighted by Gasteiger charge is 2.29. The number of pyridine rings is 1. The van der Waals surface area contributed by atoms with E-state index in [4.69, 9.17) is 0 Å². The first-order chi connectivity index (χ1) is 11.6. The molecule has 1 fully saturated rings. The summed E-state index contributed by atoms with van der Waals surface area (Å²) in [4.78, 5) is 4.01. The van der Waals surface area contributed by atoms with Crippen molar-refractivity contribution in [3.8, 4) is 5.88 Å². The first kappa shape index (κ1) is 15.1. The van der Waals surface area contributed by atoms with Crippen molar-refractivity contribution >= 4 is 34.2 Å². The van der Waals surface area contributed by atoms with Gasteiger partial charge < -0.3 is 9.67 Å². The van der Waals surface area contributed by atoms with Crippen LogP contribution in [0, 0.1) is 11.6 Å². The van der Waals surface area contributed by atoms with Crippen LogP contribution in [0.4, 0.5) is 20.3 Å². The number of azo groups is 1. The Morgan fingerprint density at radius 3 is 2.71 bits per heavy atom. The van der Waals surface area contributed by atoms with Gasteiger partial charge in [-0.05, 0) is 18.2 Å². The van der Waals surface area contributed by atoms with Crippen LogP contribution in [-0.2, 0) is 0 Å². The van der Waals surface area contributed by atoms with Crippen molar-refractivity contribution in [1.82, 2.24) is 9.55 Å². The fraction of sp³-hybridized carbons (Fsp3) is 0.188. The largest absolute Gasteiger partial charge is 0.493 e. The van der Waals surface area contributed by atoms with Gasteiger partial charge in [0.2, 0.25) is 5.88 Å². The zero-order valence-corrected chi connectivity index (χ0v) is 13.2. The fourth-order valence-corrected chi connectivity index (χ4v) is 3.42. The molecule has 3 heterocycles. The van der Waals surface area contributed by atoms with Crippen molar-refractivity contribution in [2.75, 3.05) is 11.5 Å². The summed E-state index contributed by atoms with van der Waals surface area (Å²) < 4.78 is 29.5. The molecule has 1 N–H and O–H groups in total. The second-order valence-corrected chi connectivity index (χ2v) is 6.48. The predicted molar refractivity (Wildman–Crippen MR) is 88.3 cm³/mol. The van der Waals surface area contributed by atoms with Crippen LogP contribution in [0.1, 0.15) is 6.04 Å². The summed E-state index contributed by atoms with van der Waals surface area (Å²) >= 11 is 1.69. The molecule has 0 spiro atoms. The molecular weight excluding hydrogens is 334 g/mol. The summed E-state index contributed by atoms with van der Waals surface area (Å²) in [7, 11) is 0. The highest BCUT2D eigenvalue weighted by molar-refractivity contribution is 8.00. The van der Waals surface area contributed by atoms with Crippen molar-refractivity contribution in [3.63, 3.8) is 0 Å². The third kappa shape index (κ3) is 2.43. The quantitative estimate of drug-likeness (QED) is 0.698. The number of fused-ring (bicyclic) bond motifs is 1. The molecule has 0 unspecified atom stereocenters. The molecule has 2 aromatic heterocycles. The van der Waals surface area contributed by atoms with E-state index in [2.05, 4.69) is 15.2 Å². The smallest absolute Gasteiger partial charge is 0.221 e. The molecule has 0 bridgehead atoms. The molecule has 1 aliphatic heterocycles. The van der Waals surface area contributed by atoms with Gasteiger partial charge in [-0.15, -0.1) is 10.2 Å². The van der Waals surface area contributed by atoms with Gasteiger partial charge in [-0.1, -0.05) is 6.07 Å². The van der Waals surface area contributed by atoms with Crippen LogP contribution >= 0.6 is 11.8 Å². The number of halogens is 2. The van der Waals surface area contributed by atoms with Crippen molar-refractivity contribution in [2.24, 2.45) is 10.2 Å². The van der Waals surface area contributed by atoms with Crippen LogP contribution in [0.2, 0.25) is 0 Å². The number of aromatic nitrogens is 2. The van der Waals surface area contributed by atoms with E-state index in [-0.39, 0.29) is 28.5 Å². The second kappa shape index (κ2) is 5.86. The maximum absolute atomic E-state index is 14.3. The first-order valence-electron chi connectivity index (χ1n) is 7.27. The molecule has 5 nitrogen and oxygen atoms in total. The van der Waals surface area contributed by atoms with Gasteiger partial charge in [0, 0.05) is 29.2 Å². The molecule has 1 saturated heterocycles. The standard InChI is InChI=1S/C16H12F2N4OS/c17-9-5-11-14(21-20-13-3-1-2-4-19-13)16(23)22(10-7-24-8-10)15(11)12(18)6-9/h1-6,10,23H,7-8H2. The monoisotopic (exact) mass is 346 g/mol. The van der Waals surface area contributed by atoms with E-state index < -0.39 is 11.6 Å².